The number of hydrogen-bond donors (Lipinski definition) is 2. The van der Waals surface area contributed by atoms with Crippen LogP contribution in [0, 0.1) is 23.2 Å². The van der Waals surface area contributed by atoms with E-state index in [1.54, 1.807) is 6.92 Å². The Morgan fingerprint density at radius 1 is 0.937 bits per heavy atom. The van der Waals surface area contributed by atoms with Crippen molar-refractivity contribution in [2.75, 3.05) is 46.6 Å². The van der Waals surface area contributed by atoms with Crippen LogP contribution in [0.15, 0.2) is 18.2 Å². The molecule has 2 N–H and O–H groups in total. The molecule has 1 aromatic carbocycles. The van der Waals surface area contributed by atoms with Crippen molar-refractivity contribution in [2.45, 2.75) is 133 Å². The summed E-state index contributed by atoms with van der Waals surface area (Å²) in [5.41, 5.74) is -4.26. The van der Waals surface area contributed by atoms with E-state index in [-0.39, 0.29) is 55.4 Å². The van der Waals surface area contributed by atoms with E-state index in [2.05, 4.69) is 22.3 Å². The lowest BCUT2D eigenvalue weighted by Gasteiger charge is -2.50. The molecule has 4 fully saturated rings. The molecule has 23 heteroatoms. The molecule has 10 atom stereocenters. The molecule has 2 saturated carbocycles. The van der Waals surface area contributed by atoms with Gasteiger partial charge in [0.05, 0.1) is 31.8 Å². The van der Waals surface area contributed by atoms with Gasteiger partial charge in [0.1, 0.15) is 24.2 Å². The van der Waals surface area contributed by atoms with Crippen molar-refractivity contribution in [3.63, 3.8) is 0 Å². The summed E-state index contributed by atoms with van der Waals surface area (Å²) in [6.45, 7) is 1.87. The number of urea groups is 1. The zero-order valence-corrected chi connectivity index (χ0v) is 35.9. The topological polar surface area (TPSA) is 154 Å². The lowest BCUT2D eigenvalue weighted by atomic mass is 9.55. The highest BCUT2D eigenvalue weighted by molar-refractivity contribution is 7.47. The van der Waals surface area contributed by atoms with Gasteiger partial charge in [-0.2, -0.15) is 39.5 Å². The smallest absolute Gasteiger partial charge is 0.472 e. The van der Waals surface area contributed by atoms with Crippen LogP contribution in [0.1, 0.15) is 88.7 Å². The molecule has 1 aromatic rings. The zero-order chi connectivity index (χ0) is 46.3. The fraction of sp³-hybridized carbons (Fsp3) is 0.800. The molecule has 2 saturated heterocycles. The number of aliphatic hydroxyl groups is 1. The van der Waals surface area contributed by atoms with Crippen LogP contribution in [0.2, 0.25) is 0 Å². The van der Waals surface area contributed by atoms with E-state index < -0.39 is 82.0 Å². The number of alkyl halides is 9. The summed E-state index contributed by atoms with van der Waals surface area (Å²) in [4.78, 5) is 38.8. The van der Waals surface area contributed by atoms with E-state index in [4.69, 9.17) is 18.7 Å². The minimum Gasteiger partial charge on any atom is -0.494 e. The Kier molecular flexibility index (Phi) is 14.9. The average Bonchev–Trinajstić information content (AvgIpc) is 3.76. The van der Waals surface area contributed by atoms with Gasteiger partial charge in [-0.25, -0.2) is 9.36 Å². The van der Waals surface area contributed by atoms with Gasteiger partial charge in [0.2, 0.25) is 5.91 Å². The average molecular weight is 941 g/mol. The SMILES string of the molecule is COP(=O)(O)O[C@@H]1C[C@H](N2CC(C)C(=O)N(CCCCOc3ccc4c(c3)CCC3C4CCC4(C)C(OCCCOC(C(F)(F)F)(C(F)(F)F)C(F)(F)F)CCC34)C2=O)OC1CO. The number of halogens is 9. The van der Waals surface area contributed by atoms with E-state index >= 15 is 0 Å². The predicted octanol–water partition coefficient (Wildman–Crippen LogP) is 8.06. The van der Waals surface area contributed by atoms with Gasteiger partial charge in [0.25, 0.3) is 0 Å². The van der Waals surface area contributed by atoms with Crippen molar-refractivity contribution in [2.24, 2.45) is 23.2 Å². The van der Waals surface area contributed by atoms with Crippen LogP contribution in [0.4, 0.5) is 44.3 Å². The molecule has 0 spiro atoms. The number of aryl methyl sites for hydroxylation is 1. The second kappa shape index (κ2) is 18.9. The summed E-state index contributed by atoms with van der Waals surface area (Å²) in [6, 6.07) is 5.40. The highest BCUT2D eigenvalue weighted by Crippen LogP contribution is 2.62. The fourth-order valence-corrected chi connectivity index (χ4v) is 11.1. The van der Waals surface area contributed by atoms with Crippen LogP contribution in [0.25, 0.3) is 0 Å². The van der Waals surface area contributed by atoms with E-state index in [0.29, 0.717) is 37.5 Å². The number of fused-ring (bicyclic) bond motifs is 5. The molecule has 0 bridgehead atoms. The second-order valence-electron chi connectivity index (χ2n) is 17.4. The molecule has 6 rings (SSSR count). The number of nitrogens with zero attached hydrogens (tertiary/aromatic N) is 2. The molecule has 0 aromatic heterocycles. The van der Waals surface area contributed by atoms with Crippen LogP contribution in [-0.4, -0.2) is 127 Å². The molecular formula is C40H54F9N2O11P. The van der Waals surface area contributed by atoms with E-state index in [9.17, 15) is 63.7 Å². The molecule has 358 valence electrons. The first-order valence-electron chi connectivity index (χ1n) is 21.1. The number of unbranched alkanes of at least 4 members (excludes halogenated alkanes) is 1. The van der Waals surface area contributed by atoms with Crippen LogP contribution < -0.4 is 4.74 Å². The summed E-state index contributed by atoms with van der Waals surface area (Å²) in [6.07, 6.45) is -18.7. The monoisotopic (exact) mass is 940 g/mol. The largest absolute Gasteiger partial charge is 0.494 e. The maximum Gasteiger partial charge on any atom is 0.472 e. The lowest BCUT2D eigenvalue weighted by Crippen LogP contribution is -2.67. The number of phosphoric acid groups is 1. The third-order valence-corrected chi connectivity index (χ3v) is 14.6. The van der Waals surface area contributed by atoms with Crippen molar-refractivity contribution < 1.29 is 91.7 Å². The Labute approximate surface area is 358 Å². The molecular weight excluding hydrogens is 886 g/mol. The van der Waals surface area contributed by atoms with Gasteiger partial charge >= 0.3 is 38.0 Å². The zero-order valence-electron chi connectivity index (χ0n) is 35.0. The standard InChI is InChI=1S/C40H54F9N2O11P/c1-23-21-51(33-20-30(31(22-52)61-33)62-63(55,56)57-3)35(54)50(34(23)53)15-4-5-16-58-25-8-10-26-24(19-25)7-9-28-27(26)13-14-36(2)29(28)11-12-32(36)59-17-6-18-60-37(38(41,42)43,39(44,45)46)40(47,48)49/h8,10,19,23,27-33,52H,4-7,9,11-18,20-22H2,1-3H3,(H,55,56)/t23?,27?,28?,29?,30-,31?,32?,33-,36?/m1/s1. The van der Waals surface area contributed by atoms with Gasteiger partial charge in [-0.05, 0) is 104 Å². The van der Waals surface area contributed by atoms with E-state index in [1.807, 2.05) is 12.1 Å². The summed E-state index contributed by atoms with van der Waals surface area (Å²) < 4.78 is 162. The Bertz CT molecular complexity index is 1800. The molecule has 2 aliphatic heterocycles. The quantitative estimate of drug-likeness (QED) is 0.0887. The molecule has 13 nitrogen and oxygen atoms in total. The predicted molar refractivity (Wildman–Crippen MR) is 202 cm³/mol. The molecule has 63 heavy (non-hydrogen) atoms. The maximum absolute atomic E-state index is 13.5. The summed E-state index contributed by atoms with van der Waals surface area (Å²) in [5.74, 6) is 0.541. The van der Waals surface area contributed by atoms with Gasteiger partial charge in [0, 0.05) is 33.2 Å². The molecule has 0 radical (unpaired) electrons. The number of hydrogen-bond acceptors (Lipinski definition) is 10. The summed E-state index contributed by atoms with van der Waals surface area (Å²) in [5, 5.41) is 9.76. The first kappa shape index (κ1) is 49.7. The van der Waals surface area contributed by atoms with Crippen molar-refractivity contribution in [1.29, 1.82) is 0 Å². The normalized spacial score (nSPS) is 31.5. The van der Waals surface area contributed by atoms with Crippen molar-refractivity contribution in [1.82, 2.24) is 9.80 Å². The summed E-state index contributed by atoms with van der Waals surface area (Å²) in [7, 11) is -3.41. The van der Waals surface area contributed by atoms with Crippen LogP contribution in [0.5, 0.6) is 5.75 Å². The fourth-order valence-electron chi connectivity index (χ4n) is 10.5. The maximum atomic E-state index is 13.5. The first-order valence-corrected chi connectivity index (χ1v) is 22.5. The number of aliphatic hydroxyl groups excluding tert-OH is 1. The van der Waals surface area contributed by atoms with Gasteiger partial charge in [-0.3, -0.25) is 23.6 Å². The van der Waals surface area contributed by atoms with Crippen LogP contribution in [0.3, 0.4) is 0 Å². The number of imide groups is 1. The number of rotatable bonds is 17. The molecule has 3 aliphatic carbocycles. The van der Waals surface area contributed by atoms with Gasteiger partial charge in [-0.1, -0.05) is 19.9 Å². The minimum atomic E-state index is -6.78. The Balaban J connectivity index is 0.965. The second-order valence-corrected chi connectivity index (χ2v) is 18.9. The third kappa shape index (κ3) is 9.88. The number of benzene rings is 1. The summed E-state index contributed by atoms with van der Waals surface area (Å²) >= 11 is 0. The highest BCUT2D eigenvalue weighted by Gasteiger charge is 2.85. The van der Waals surface area contributed by atoms with E-state index in [0.717, 1.165) is 49.7 Å². The number of amides is 3. The lowest BCUT2D eigenvalue weighted by molar-refractivity contribution is -0.457. The van der Waals surface area contributed by atoms with Crippen molar-refractivity contribution >= 4 is 19.8 Å². The molecule has 2 heterocycles. The van der Waals surface area contributed by atoms with Crippen molar-refractivity contribution in [3.05, 3.63) is 29.3 Å². The molecule has 5 aliphatic rings. The Hall–Kier alpha value is -2.72. The van der Waals surface area contributed by atoms with Gasteiger partial charge < -0.3 is 28.9 Å². The van der Waals surface area contributed by atoms with Crippen molar-refractivity contribution in [3.8, 4) is 5.75 Å². The van der Waals surface area contributed by atoms with Crippen LogP contribution >= 0.6 is 7.82 Å². The number of carbonyl (C=O) groups excluding carboxylic acids is 2. The van der Waals surface area contributed by atoms with Gasteiger partial charge in [-0.15, -0.1) is 0 Å². The van der Waals surface area contributed by atoms with Crippen LogP contribution in [-0.2, 0) is 39.0 Å². The van der Waals surface area contributed by atoms with Gasteiger partial charge in [0.15, 0.2) is 0 Å². The third-order valence-electron chi connectivity index (χ3n) is 13.6. The Morgan fingerprint density at radius 3 is 2.29 bits per heavy atom. The highest BCUT2D eigenvalue weighted by atomic mass is 31.2. The minimum absolute atomic E-state index is 0.0217. The number of carbonyl (C=O) groups is 2. The molecule has 8 unspecified atom stereocenters. The van der Waals surface area contributed by atoms with E-state index in [1.165, 1.54) is 10.5 Å². The first-order chi connectivity index (χ1) is 29.4. The molecule has 3 amide bonds. The number of ether oxygens (including phenoxy) is 4. The Morgan fingerprint density at radius 2 is 1.63 bits per heavy atom. The number of phosphoric ester groups is 1.